The molecule has 9 rings (SSSR count). The van der Waals surface area contributed by atoms with E-state index in [9.17, 15) is 0 Å². The van der Waals surface area contributed by atoms with Gasteiger partial charge in [0.2, 0.25) is 0 Å². The lowest BCUT2D eigenvalue weighted by Gasteiger charge is -2.21. The molecule has 2 heterocycles. The Kier molecular flexibility index (Phi) is 4.39. The quantitative estimate of drug-likeness (QED) is 0.220. The van der Waals surface area contributed by atoms with Crippen LogP contribution >= 0.6 is 0 Å². The van der Waals surface area contributed by atoms with Gasteiger partial charge in [-0.05, 0) is 75.5 Å². The van der Waals surface area contributed by atoms with Gasteiger partial charge in [-0.2, -0.15) is 0 Å². The Bertz CT molecular complexity index is 2330. The lowest BCUT2D eigenvalue weighted by Crippen LogP contribution is -2.14. The summed E-state index contributed by atoms with van der Waals surface area (Å²) in [5.41, 5.74) is 12.1. The van der Waals surface area contributed by atoms with Crippen LogP contribution in [0.15, 0.2) is 128 Å². The number of benzene rings is 6. The first-order valence-corrected chi connectivity index (χ1v) is 14.2. The Morgan fingerprint density at radius 1 is 0.585 bits per heavy atom. The maximum Gasteiger partial charge on any atom is 0.113 e. The van der Waals surface area contributed by atoms with E-state index in [0.29, 0.717) is 0 Å². The average molecular weight is 526 g/mol. The van der Waals surface area contributed by atoms with Gasteiger partial charge in [0.25, 0.3) is 0 Å². The summed E-state index contributed by atoms with van der Waals surface area (Å²) in [6, 6.07) is 44.1. The van der Waals surface area contributed by atoms with E-state index in [1.165, 1.54) is 54.8 Å². The van der Waals surface area contributed by atoms with Crippen LogP contribution in [-0.2, 0) is 5.41 Å². The Hall–Kier alpha value is -5.15. The first-order valence-electron chi connectivity index (χ1n) is 14.2. The number of aromatic nitrogens is 3. The van der Waals surface area contributed by atoms with E-state index >= 15 is 0 Å². The van der Waals surface area contributed by atoms with Crippen LogP contribution in [0.2, 0.25) is 0 Å². The number of imidazole rings is 1. The van der Waals surface area contributed by atoms with Crippen molar-refractivity contribution in [3.8, 4) is 22.5 Å². The molecule has 0 atom stereocenters. The number of para-hydroxylation sites is 3. The third-order valence-corrected chi connectivity index (χ3v) is 9.19. The molecule has 2 aromatic heterocycles. The number of nitrogens with zero attached hydrogens (tertiary/aromatic N) is 3. The summed E-state index contributed by atoms with van der Waals surface area (Å²) < 4.78 is 4.60. The first-order chi connectivity index (χ1) is 20.1. The molecule has 0 aliphatic heterocycles. The highest BCUT2D eigenvalue weighted by Crippen LogP contribution is 2.53. The lowest BCUT2D eigenvalue weighted by molar-refractivity contribution is 0.661. The maximum absolute atomic E-state index is 4.98. The zero-order valence-electron chi connectivity index (χ0n) is 23.0. The minimum Gasteiger partial charge on any atom is -0.307 e. The molecule has 0 saturated carbocycles. The van der Waals surface area contributed by atoms with E-state index in [1.807, 2.05) is 12.4 Å². The highest BCUT2D eigenvalue weighted by Gasteiger charge is 2.37. The molecule has 0 N–H and O–H groups in total. The van der Waals surface area contributed by atoms with E-state index in [4.69, 9.17) is 4.98 Å². The molecule has 3 nitrogen and oxygen atoms in total. The van der Waals surface area contributed by atoms with Gasteiger partial charge in [-0.25, -0.2) is 4.98 Å². The molecule has 0 radical (unpaired) electrons. The molecule has 194 valence electrons. The third-order valence-electron chi connectivity index (χ3n) is 9.19. The smallest absolute Gasteiger partial charge is 0.113 e. The van der Waals surface area contributed by atoms with Gasteiger partial charge in [0.1, 0.15) is 11.8 Å². The summed E-state index contributed by atoms with van der Waals surface area (Å²) >= 11 is 0. The van der Waals surface area contributed by atoms with Gasteiger partial charge >= 0.3 is 0 Å². The van der Waals surface area contributed by atoms with Crippen LogP contribution in [0.3, 0.4) is 0 Å². The summed E-state index contributed by atoms with van der Waals surface area (Å²) in [6.45, 7) is 4.74. The second kappa shape index (κ2) is 7.96. The molecular weight excluding hydrogens is 498 g/mol. The Balaban J connectivity index is 1.40. The van der Waals surface area contributed by atoms with Crippen molar-refractivity contribution in [1.82, 2.24) is 14.1 Å². The van der Waals surface area contributed by atoms with E-state index in [2.05, 4.69) is 138 Å². The predicted molar refractivity (Wildman–Crippen MR) is 170 cm³/mol. The molecule has 3 heteroatoms. The summed E-state index contributed by atoms with van der Waals surface area (Å²) in [4.78, 5) is 4.98. The highest BCUT2D eigenvalue weighted by molar-refractivity contribution is 6.14. The molecule has 0 fully saturated rings. The van der Waals surface area contributed by atoms with Crippen LogP contribution in [-0.4, -0.2) is 14.1 Å². The number of hydrogen-bond acceptors (Lipinski definition) is 1. The van der Waals surface area contributed by atoms with Crippen molar-refractivity contribution in [3.63, 3.8) is 0 Å². The minimum absolute atomic E-state index is 0.0828. The van der Waals surface area contributed by atoms with E-state index in [-0.39, 0.29) is 5.41 Å². The Morgan fingerprint density at radius 3 is 2.22 bits per heavy atom. The van der Waals surface area contributed by atoms with E-state index < -0.39 is 0 Å². The zero-order chi connectivity index (χ0) is 27.3. The molecule has 41 heavy (non-hydrogen) atoms. The van der Waals surface area contributed by atoms with Crippen molar-refractivity contribution in [2.75, 3.05) is 0 Å². The Morgan fingerprint density at radius 2 is 1.34 bits per heavy atom. The van der Waals surface area contributed by atoms with Gasteiger partial charge in [-0.1, -0.05) is 92.7 Å². The van der Waals surface area contributed by atoms with Crippen molar-refractivity contribution in [2.45, 2.75) is 19.3 Å². The van der Waals surface area contributed by atoms with Crippen LogP contribution in [0.25, 0.3) is 66.1 Å². The maximum atomic E-state index is 4.98. The van der Waals surface area contributed by atoms with Crippen LogP contribution < -0.4 is 0 Å². The third kappa shape index (κ3) is 2.95. The molecule has 6 aromatic carbocycles. The number of rotatable bonds is 2. The molecule has 0 spiro atoms. The number of fused-ring (bicyclic) bond motifs is 9. The van der Waals surface area contributed by atoms with E-state index in [1.54, 1.807) is 0 Å². The molecule has 8 aromatic rings. The van der Waals surface area contributed by atoms with Crippen molar-refractivity contribution >= 4 is 43.6 Å². The van der Waals surface area contributed by atoms with Crippen LogP contribution in [0, 0.1) is 0 Å². The van der Waals surface area contributed by atoms with Crippen LogP contribution in [0.1, 0.15) is 25.0 Å². The fourth-order valence-corrected chi connectivity index (χ4v) is 7.22. The summed E-state index contributed by atoms with van der Waals surface area (Å²) in [5, 5.41) is 5.15. The highest BCUT2D eigenvalue weighted by atomic mass is 15.1. The average Bonchev–Trinajstić information content (AvgIpc) is 3.66. The fourth-order valence-electron chi connectivity index (χ4n) is 7.22. The second-order valence-corrected chi connectivity index (χ2v) is 11.7. The van der Waals surface area contributed by atoms with Gasteiger partial charge in [0.05, 0.1) is 22.2 Å². The minimum atomic E-state index is -0.0828. The summed E-state index contributed by atoms with van der Waals surface area (Å²) in [7, 11) is 0. The fraction of sp³-hybridized carbons (Fsp3) is 0.0789. The molecule has 1 aliphatic rings. The van der Waals surface area contributed by atoms with Crippen molar-refractivity contribution < 1.29 is 0 Å². The summed E-state index contributed by atoms with van der Waals surface area (Å²) in [5.74, 6) is 0. The molecular formula is C38H27N3. The number of hydrogen-bond donors (Lipinski definition) is 0. The van der Waals surface area contributed by atoms with Crippen molar-refractivity contribution in [1.29, 1.82) is 0 Å². The van der Waals surface area contributed by atoms with Gasteiger partial charge in [-0.15, -0.1) is 0 Å². The lowest BCUT2D eigenvalue weighted by atomic mass is 9.81. The van der Waals surface area contributed by atoms with Gasteiger partial charge in [0, 0.05) is 21.9 Å². The zero-order valence-corrected chi connectivity index (χ0v) is 23.0. The standard InChI is InChI=1S/C38H27N3/c1-38(2)30-20-19-24-11-6-7-14-26(24)36(30)29-22-35-28(21-31(29)38)27-15-8-9-16-32(27)41(35)34-18-10-17-33-37(34)39-23-40(33)25-12-4-3-5-13-25/h3-23H,1-2H3. The molecule has 1 aliphatic carbocycles. The topological polar surface area (TPSA) is 22.8 Å². The second-order valence-electron chi connectivity index (χ2n) is 11.7. The molecule has 0 unspecified atom stereocenters. The van der Waals surface area contributed by atoms with Crippen LogP contribution in [0.5, 0.6) is 0 Å². The largest absolute Gasteiger partial charge is 0.307 e. The first kappa shape index (κ1) is 22.6. The van der Waals surface area contributed by atoms with Gasteiger partial charge in [0.15, 0.2) is 0 Å². The van der Waals surface area contributed by atoms with Gasteiger partial charge < -0.3 is 4.57 Å². The molecule has 0 saturated heterocycles. The predicted octanol–water partition coefficient (Wildman–Crippen LogP) is 9.58. The Labute approximate surface area is 237 Å². The monoisotopic (exact) mass is 525 g/mol. The van der Waals surface area contributed by atoms with Gasteiger partial charge in [-0.3, -0.25) is 4.57 Å². The molecule has 0 bridgehead atoms. The SMILES string of the molecule is CC1(C)c2cc3c4ccccc4n(-c4cccc5c4ncn5-c4ccccc4)c3cc2-c2c1ccc1ccccc21. The van der Waals surface area contributed by atoms with E-state index in [0.717, 1.165) is 22.4 Å². The summed E-state index contributed by atoms with van der Waals surface area (Å²) in [6.07, 6.45) is 1.94. The van der Waals surface area contributed by atoms with Crippen molar-refractivity contribution in [2.24, 2.45) is 0 Å². The van der Waals surface area contributed by atoms with Crippen LogP contribution in [0.4, 0.5) is 0 Å². The molecule has 0 amide bonds. The van der Waals surface area contributed by atoms with Crippen molar-refractivity contribution in [3.05, 3.63) is 139 Å². The normalized spacial score (nSPS) is 13.8.